The first kappa shape index (κ1) is 22.1. The first-order valence-corrected chi connectivity index (χ1v) is 8.51. The van der Waals surface area contributed by atoms with Gasteiger partial charge in [-0.05, 0) is 19.8 Å². The van der Waals surface area contributed by atoms with Crippen LogP contribution in [0, 0.1) is 0 Å². The summed E-state index contributed by atoms with van der Waals surface area (Å²) in [7, 11) is 0. The fraction of sp³-hybridized carbons (Fsp3) is 0.875. The number of piperazine rings is 1. The minimum absolute atomic E-state index is 0. The Balaban J connectivity index is 0.00000484. The van der Waals surface area contributed by atoms with Crippen LogP contribution in [0.1, 0.15) is 40.0 Å². The monoisotopic (exact) mass is 349 g/mol. The van der Waals surface area contributed by atoms with Gasteiger partial charge in [0.15, 0.2) is 0 Å². The maximum atomic E-state index is 12.4. The number of carbonyl (C=O) groups excluding carboxylic acids is 2. The summed E-state index contributed by atoms with van der Waals surface area (Å²) in [4.78, 5) is 28.5. The van der Waals surface area contributed by atoms with Crippen LogP contribution in [0.2, 0.25) is 0 Å². The molecule has 1 rings (SSSR count). The average Bonchev–Trinajstić information content (AvgIpc) is 2.51. The number of hydrogen-bond acceptors (Lipinski definition) is 4. The highest BCUT2D eigenvalue weighted by molar-refractivity contribution is 5.89. The van der Waals surface area contributed by atoms with Crippen LogP contribution in [0.15, 0.2) is 0 Å². The third-order valence-corrected chi connectivity index (χ3v) is 3.81. The average molecular weight is 350 g/mol. The summed E-state index contributed by atoms with van der Waals surface area (Å²) in [6.07, 6.45) is 2.14. The molecule has 0 spiro atoms. The molecule has 0 aliphatic carbocycles. The zero-order valence-electron chi connectivity index (χ0n) is 14.7. The SMILES string of the molecule is CCCN(CCC)C(=O)CC1NCCN(CCOCC)C1=O.Cl. The van der Waals surface area contributed by atoms with Gasteiger partial charge in [-0.1, -0.05) is 13.8 Å². The summed E-state index contributed by atoms with van der Waals surface area (Å²) in [5, 5.41) is 3.18. The lowest BCUT2D eigenvalue weighted by atomic mass is 10.1. The molecule has 1 saturated heterocycles. The van der Waals surface area contributed by atoms with Crippen molar-refractivity contribution in [2.24, 2.45) is 0 Å². The molecular weight excluding hydrogens is 318 g/mol. The normalized spacial score (nSPS) is 17.8. The van der Waals surface area contributed by atoms with Gasteiger partial charge in [-0.25, -0.2) is 0 Å². The number of amides is 2. The van der Waals surface area contributed by atoms with E-state index in [1.165, 1.54) is 0 Å². The fourth-order valence-electron chi connectivity index (χ4n) is 2.70. The number of ether oxygens (including phenoxy) is 1. The Morgan fingerprint density at radius 3 is 2.52 bits per heavy atom. The Hall–Kier alpha value is -0.850. The van der Waals surface area contributed by atoms with Gasteiger partial charge in [0.05, 0.1) is 19.1 Å². The van der Waals surface area contributed by atoms with E-state index in [0.717, 1.165) is 32.5 Å². The van der Waals surface area contributed by atoms with Gasteiger partial charge in [0.1, 0.15) is 0 Å². The van der Waals surface area contributed by atoms with Crippen molar-refractivity contribution in [1.82, 2.24) is 15.1 Å². The van der Waals surface area contributed by atoms with Gasteiger partial charge in [0.25, 0.3) is 0 Å². The Labute approximate surface area is 146 Å². The number of halogens is 1. The fourth-order valence-corrected chi connectivity index (χ4v) is 2.70. The van der Waals surface area contributed by atoms with Gasteiger partial charge < -0.3 is 19.9 Å². The maximum Gasteiger partial charge on any atom is 0.240 e. The van der Waals surface area contributed by atoms with Crippen molar-refractivity contribution >= 4 is 24.2 Å². The Bertz CT molecular complexity index is 349. The van der Waals surface area contributed by atoms with Gasteiger partial charge in [0.2, 0.25) is 11.8 Å². The molecule has 136 valence electrons. The predicted molar refractivity (Wildman–Crippen MR) is 93.9 cm³/mol. The molecule has 1 unspecified atom stereocenters. The summed E-state index contributed by atoms with van der Waals surface area (Å²) in [6, 6.07) is -0.390. The highest BCUT2D eigenvalue weighted by Crippen LogP contribution is 2.08. The second-order valence-electron chi connectivity index (χ2n) is 5.61. The van der Waals surface area contributed by atoms with Crippen molar-refractivity contribution in [2.75, 3.05) is 45.9 Å². The van der Waals surface area contributed by atoms with Crippen LogP contribution in [-0.2, 0) is 14.3 Å². The summed E-state index contributed by atoms with van der Waals surface area (Å²) >= 11 is 0. The van der Waals surface area contributed by atoms with Crippen LogP contribution in [0.25, 0.3) is 0 Å². The Kier molecular flexibility index (Phi) is 12.1. The third-order valence-electron chi connectivity index (χ3n) is 3.81. The van der Waals surface area contributed by atoms with E-state index in [1.807, 2.05) is 11.8 Å². The van der Waals surface area contributed by atoms with E-state index in [4.69, 9.17) is 4.74 Å². The largest absolute Gasteiger partial charge is 0.380 e. The second-order valence-corrected chi connectivity index (χ2v) is 5.61. The molecule has 7 heteroatoms. The van der Waals surface area contributed by atoms with E-state index in [1.54, 1.807) is 4.90 Å². The van der Waals surface area contributed by atoms with Gasteiger partial charge in [0, 0.05) is 39.3 Å². The second kappa shape index (κ2) is 12.6. The Morgan fingerprint density at radius 2 is 1.96 bits per heavy atom. The molecule has 2 amide bonds. The number of rotatable bonds is 10. The van der Waals surface area contributed by atoms with E-state index in [-0.39, 0.29) is 36.7 Å². The van der Waals surface area contributed by atoms with E-state index in [2.05, 4.69) is 19.2 Å². The topological polar surface area (TPSA) is 61.9 Å². The van der Waals surface area contributed by atoms with Crippen molar-refractivity contribution in [1.29, 1.82) is 0 Å². The van der Waals surface area contributed by atoms with E-state index in [0.29, 0.717) is 26.3 Å². The molecule has 23 heavy (non-hydrogen) atoms. The zero-order chi connectivity index (χ0) is 16.4. The summed E-state index contributed by atoms with van der Waals surface area (Å²) in [5.74, 6) is 0.0912. The van der Waals surface area contributed by atoms with Gasteiger partial charge >= 0.3 is 0 Å². The molecule has 0 saturated carbocycles. The number of carbonyl (C=O) groups is 2. The van der Waals surface area contributed by atoms with E-state index < -0.39 is 0 Å². The van der Waals surface area contributed by atoms with Crippen LogP contribution >= 0.6 is 12.4 Å². The number of nitrogens with one attached hydrogen (secondary N) is 1. The van der Waals surface area contributed by atoms with Gasteiger partial charge in [-0.2, -0.15) is 0 Å². The molecule has 0 aromatic heterocycles. The molecule has 0 aromatic rings. The lowest BCUT2D eigenvalue weighted by Crippen LogP contribution is -2.57. The first-order chi connectivity index (χ1) is 10.6. The highest BCUT2D eigenvalue weighted by atomic mass is 35.5. The zero-order valence-corrected chi connectivity index (χ0v) is 15.5. The molecule has 6 nitrogen and oxygen atoms in total. The predicted octanol–water partition coefficient (Wildman–Crippen LogP) is 1.28. The van der Waals surface area contributed by atoms with Crippen LogP contribution in [0.4, 0.5) is 0 Å². The third kappa shape index (κ3) is 7.50. The number of hydrogen-bond donors (Lipinski definition) is 1. The van der Waals surface area contributed by atoms with Crippen molar-refractivity contribution in [3.8, 4) is 0 Å². The molecule has 1 heterocycles. The van der Waals surface area contributed by atoms with E-state index >= 15 is 0 Å². The number of nitrogens with zero attached hydrogens (tertiary/aromatic N) is 2. The van der Waals surface area contributed by atoms with E-state index in [9.17, 15) is 9.59 Å². The first-order valence-electron chi connectivity index (χ1n) is 8.51. The Morgan fingerprint density at radius 1 is 1.30 bits per heavy atom. The molecule has 0 radical (unpaired) electrons. The lowest BCUT2D eigenvalue weighted by molar-refractivity contribution is -0.141. The van der Waals surface area contributed by atoms with Crippen molar-refractivity contribution in [2.45, 2.75) is 46.1 Å². The van der Waals surface area contributed by atoms with Crippen LogP contribution < -0.4 is 5.32 Å². The van der Waals surface area contributed by atoms with Gasteiger partial charge in [-0.3, -0.25) is 9.59 Å². The minimum Gasteiger partial charge on any atom is -0.380 e. The molecule has 1 N–H and O–H groups in total. The summed E-state index contributed by atoms with van der Waals surface area (Å²) < 4.78 is 5.31. The molecule has 1 aliphatic rings. The maximum absolute atomic E-state index is 12.4. The minimum atomic E-state index is -0.390. The summed E-state index contributed by atoms with van der Waals surface area (Å²) in [6.45, 7) is 10.8. The quantitative estimate of drug-likeness (QED) is 0.604. The smallest absolute Gasteiger partial charge is 0.240 e. The molecule has 1 atom stereocenters. The van der Waals surface area contributed by atoms with Crippen LogP contribution in [-0.4, -0.2) is 73.6 Å². The highest BCUT2D eigenvalue weighted by Gasteiger charge is 2.30. The van der Waals surface area contributed by atoms with Gasteiger partial charge in [-0.15, -0.1) is 12.4 Å². The van der Waals surface area contributed by atoms with Crippen molar-refractivity contribution in [3.63, 3.8) is 0 Å². The lowest BCUT2D eigenvalue weighted by Gasteiger charge is -2.34. The molecular formula is C16H32ClN3O3. The molecule has 0 aromatic carbocycles. The van der Waals surface area contributed by atoms with Crippen LogP contribution in [0.5, 0.6) is 0 Å². The van der Waals surface area contributed by atoms with Crippen LogP contribution in [0.3, 0.4) is 0 Å². The molecule has 0 bridgehead atoms. The van der Waals surface area contributed by atoms with Crippen molar-refractivity contribution < 1.29 is 14.3 Å². The standard InChI is InChI=1S/C16H31N3O3.ClH/c1-4-8-18(9-5-2)15(20)13-14-16(21)19(10-7-17-14)11-12-22-6-3;/h14,17H,4-13H2,1-3H3;1H. The van der Waals surface area contributed by atoms with Crippen molar-refractivity contribution in [3.05, 3.63) is 0 Å². The molecule has 1 aliphatic heterocycles. The summed E-state index contributed by atoms with van der Waals surface area (Å²) in [5.41, 5.74) is 0. The molecule has 1 fully saturated rings.